The third-order valence-electron chi connectivity index (χ3n) is 5.99. The molecule has 0 spiro atoms. The minimum Gasteiger partial charge on any atom is -0.298 e. The Hall–Kier alpha value is -2.92. The van der Waals surface area contributed by atoms with E-state index in [4.69, 9.17) is 4.98 Å². The van der Waals surface area contributed by atoms with Crippen molar-refractivity contribution in [3.05, 3.63) is 87.3 Å². The molecule has 0 unspecified atom stereocenters. The maximum Gasteiger partial charge on any atom is 0.259 e. The molecule has 0 N–H and O–H groups in total. The topological polar surface area (TPSA) is 41.4 Å². The molecule has 0 radical (unpaired) electrons. The Kier molecular flexibility index (Phi) is 6.52. The van der Waals surface area contributed by atoms with Gasteiger partial charge in [-0.1, -0.05) is 62.2 Å². The fourth-order valence-electron chi connectivity index (χ4n) is 4.25. The first-order valence-electron chi connectivity index (χ1n) is 11.3. The Morgan fingerprint density at radius 1 is 0.968 bits per heavy atom. The van der Waals surface area contributed by atoms with Gasteiger partial charge in [0.1, 0.15) is 0 Å². The predicted octanol–water partition coefficient (Wildman–Crippen LogP) is 5.01. The van der Waals surface area contributed by atoms with Crippen LogP contribution in [0.1, 0.15) is 48.6 Å². The second-order valence-electron chi connectivity index (χ2n) is 8.52. The van der Waals surface area contributed by atoms with Gasteiger partial charge >= 0.3 is 0 Å². The normalized spacial score (nSPS) is 14.0. The molecule has 0 aliphatic carbocycles. The van der Waals surface area contributed by atoms with Crippen LogP contribution >= 0.6 is 0 Å². The summed E-state index contributed by atoms with van der Waals surface area (Å²) in [5.41, 5.74) is 5.09. The quantitative estimate of drug-likeness (QED) is 0.508. The van der Waals surface area contributed by atoms with E-state index in [0.717, 1.165) is 48.1 Å². The molecular weight excluding hydrogens is 384 g/mol. The van der Waals surface area contributed by atoms with E-state index >= 15 is 0 Å². The van der Waals surface area contributed by atoms with Crippen LogP contribution in [-0.4, -0.2) is 27.7 Å². The van der Waals surface area contributed by atoms with E-state index in [2.05, 4.69) is 60.0 Å². The van der Waals surface area contributed by atoms with Crippen LogP contribution in [0.2, 0.25) is 0 Å². The van der Waals surface area contributed by atoms with Crippen molar-refractivity contribution in [1.29, 1.82) is 0 Å². The lowest BCUT2D eigenvalue weighted by atomic mass is 10.1. The standard InChI is InChI=1S/C26H32N4O/c1-4-5-9-15-28-18-29(23-14-10-11-20(2)16-23)26-27-21(3)24(25(31)30(26)19-28)17-22-12-7-6-8-13-22/h6-8,10-14,16H,4-5,9,15,17-19H2,1-3H3. The zero-order valence-electron chi connectivity index (χ0n) is 18.8. The number of rotatable bonds is 7. The largest absolute Gasteiger partial charge is 0.298 e. The molecule has 0 amide bonds. The van der Waals surface area contributed by atoms with E-state index in [0.29, 0.717) is 13.1 Å². The third-order valence-corrected chi connectivity index (χ3v) is 5.99. The number of aromatic nitrogens is 2. The van der Waals surface area contributed by atoms with Gasteiger partial charge in [0.2, 0.25) is 5.95 Å². The number of aryl methyl sites for hydroxylation is 2. The SMILES string of the molecule is CCCCCN1CN(c2cccc(C)c2)c2nc(C)c(Cc3ccccc3)c(=O)n2C1. The smallest absolute Gasteiger partial charge is 0.259 e. The van der Waals surface area contributed by atoms with Crippen LogP contribution in [0.3, 0.4) is 0 Å². The van der Waals surface area contributed by atoms with Crippen molar-refractivity contribution < 1.29 is 0 Å². The van der Waals surface area contributed by atoms with Gasteiger partial charge in [0, 0.05) is 24.2 Å². The molecule has 1 aliphatic rings. The molecule has 0 saturated carbocycles. The van der Waals surface area contributed by atoms with E-state index in [-0.39, 0.29) is 5.56 Å². The minimum absolute atomic E-state index is 0.0733. The van der Waals surface area contributed by atoms with Crippen LogP contribution in [0.25, 0.3) is 0 Å². The molecule has 0 fully saturated rings. The average Bonchev–Trinajstić information content (AvgIpc) is 2.77. The Labute approximate surface area is 185 Å². The Morgan fingerprint density at radius 3 is 2.52 bits per heavy atom. The van der Waals surface area contributed by atoms with Crippen molar-refractivity contribution in [3.8, 4) is 0 Å². The van der Waals surface area contributed by atoms with Crippen LogP contribution in [0.15, 0.2) is 59.4 Å². The second kappa shape index (κ2) is 9.48. The monoisotopic (exact) mass is 416 g/mol. The van der Waals surface area contributed by atoms with E-state index in [1.165, 1.54) is 18.4 Å². The zero-order valence-corrected chi connectivity index (χ0v) is 18.8. The molecule has 0 atom stereocenters. The molecular formula is C26H32N4O. The van der Waals surface area contributed by atoms with Crippen LogP contribution in [-0.2, 0) is 13.1 Å². The fraction of sp³-hybridized carbons (Fsp3) is 0.385. The second-order valence-corrected chi connectivity index (χ2v) is 8.52. The summed E-state index contributed by atoms with van der Waals surface area (Å²) in [6.45, 7) is 8.59. The van der Waals surface area contributed by atoms with Crippen LogP contribution in [0, 0.1) is 13.8 Å². The number of unbranched alkanes of at least 4 members (excludes halogenated alkanes) is 2. The Bertz CT molecular complexity index is 1090. The van der Waals surface area contributed by atoms with Gasteiger partial charge in [0.25, 0.3) is 5.56 Å². The lowest BCUT2D eigenvalue weighted by molar-refractivity contribution is 0.194. The minimum atomic E-state index is 0.0733. The van der Waals surface area contributed by atoms with Crippen molar-refractivity contribution >= 4 is 11.6 Å². The average molecular weight is 417 g/mol. The Morgan fingerprint density at radius 2 is 1.77 bits per heavy atom. The van der Waals surface area contributed by atoms with Gasteiger partial charge in [0.15, 0.2) is 0 Å². The van der Waals surface area contributed by atoms with Crippen molar-refractivity contribution in [1.82, 2.24) is 14.5 Å². The molecule has 0 bridgehead atoms. The lowest BCUT2D eigenvalue weighted by Crippen LogP contribution is -2.48. The summed E-state index contributed by atoms with van der Waals surface area (Å²) in [6.07, 6.45) is 4.14. The summed E-state index contributed by atoms with van der Waals surface area (Å²) >= 11 is 0. The maximum absolute atomic E-state index is 13.6. The molecule has 5 nitrogen and oxygen atoms in total. The van der Waals surface area contributed by atoms with Crippen LogP contribution < -0.4 is 10.5 Å². The molecule has 4 rings (SSSR count). The van der Waals surface area contributed by atoms with Crippen molar-refractivity contribution in [2.75, 3.05) is 18.1 Å². The lowest BCUT2D eigenvalue weighted by Gasteiger charge is -2.38. The molecule has 31 heavy (non-hydrogen) atoms. The highest BCUT2D eigenvalue weighted by atomic mass is 16.1. The van der Waals surface area contributed by atoms with Crippen molar-refractivity contribution in [2.45, 2.75) is 53.1 Å². The van der Waals surface area contributed by atoms with Gasteiger partial charge in [-0.3, -0.25) is 19.2 Å². The highest BCUT2D eigenvalue weighted by Gasteiger charge is 2.27. The highest BCUT2D eigenvalue weighted by Crippen LogP contribution is 2.28. The fourth-order valence-corrected chi connectivity index (χ4v) is 4.25. The molecule has 2 heterocycles. The summed E-state index contributed by atoms with van der Waals surface area (Å²) in [5.74, 6) is 0.747. The number of hydrogen-bond donors (Lipinski definition) is 0. The van der Waals surface area contributed by atoms with Crippen LogP contribution in [0.4, 0.5) is 11.6 Å². The summed E-state index contributed by atoms with van der Waals surface area (Å²) in [4.78, 5) is 23.1. The third kappa shape index (κ3) is 4.72. The first-order chi connectivity index (χ1) is 15.1. The Balaban J connectivity index is 1.75. The molecule has 5 heteroatoms. The van der Waals surface area contributed by atoms with Gasteiger partial charge in [-0.15, -0.1) is 0 Å². The zero-order chi connectivity index (χ0) is 21.8. The molecule has 2 aromatic carbocycles. The highest BCUT2D eigenvalue weighted by molar-refractivity contribution is 5.59. The molecule has 0 saturated heterocycles. The number of nitrogens with zero attached hydrogens (tertiary/aromatic N) is 4. The molecule has 162 valence electrons. The molecule has 3 aromatic rings. The van der Waals surface area contributed by atoms with Crippen LogP contribution in [0.5, 0.6) is 0 Å². The van der Waals surface area contributed by atoms with Gasteiger partial charge < -0.3 is 0 Å². The summed E-state index contributed by atoms with van der Waals surface area (Å²) < 4.78 is 1.86. The van der Waals surface area contributed by atoms with E-state index in [1.54, 1.807) is 0 Å². The van der Waals surface area contributed by atoms with E-state index < -0.39 is 0 Å². The number of benzene rings is 2. The summed E-state index contributed by atoms with van der Waals surface area (Å²) in [7, 11) is 0. The van der Waals surface area contributed by atoms with E-state index in [1.807, 2.05) is 29.7 Å². The van der Waals surface area contributed by atoms with E-state index in [9.17, 15) is 4.79 Å². The number of anilines is 2. The van der Waals surface area contributed by atoms with Crippen molar-refractivity contribution in [2.24, 2.45) is 0 Å². The van der Waals surface area contributed by atoms with Crippen molar-refractivity contribution in [3.63, 3.8) is 0 Å². The summed E-state index contributed by atoms with van der Waals surface area (Å²) in [6, 6.07) is 18.6. The maximum atomic E-state index is 13.6. The van der Waals surface area contributed by atoms with Gasteiger partial charge in [-0.25, -0.2) is 4.98 Å². The first-order valence-corrected chi connectivity index (χ1v) is 11.3. The molecule has 1 aromatic heterocycles. The summed E-state index contributed by atoms with van der Waals surface area (Å²) in [5, 5.41) is 0. The van der Waals surface area contributed by atoms with Gasteiger partial charge in [-0.05, 0) is 43.5 Å². The number of fused-ring (bicyclic) bond motifs is 1. The van der Waals surface area contributed by atoms with Gasteiger partial charge in [0.05, 0.1) is 19.0 Å². The van der Waals surface area contributed by atoms with Gasteiger partial charge in [-0.2, -0.15) is 0 Å². The number of hydrogen-bond acceptors (Lipinski definition) is 4. The molecule has 1 aliphatic heterocycles. The predicted molar refractivity (Wildman–Crippen MR) is 127 cm³/mol. The first kappa shape index (κ1) is 21.3.